The van der Waals surface area contributed by atoms with E-state index in [1.807, 2.05) is 5.32 Å². The number of thiophene rings is 1. The van der Waals surface area contributed by atoms with Crippen molar-refractivity contribution in [1.29, 1.82) is 0 Å². The zero-order chi connectivity index (χ0) is 21.7. The predicted octanol–water partition coefficient (Wildman–Crippen LogP) is 4.25. The lowest BCUT2D eigenvalue weighted by molar-refractivity contribution is -0.138. The average molecular weight is 432 g/mol. The van der Waals surface area contributed by atoms with E-state index in [9.17, 15) is 27.6 Å². The van der Waals surface area contributed by atoms with E-state index < -0.39 is 29.2 Å². The van der Waals surface area contributed by atoms with Crippen LogP contribution >= 0.6 is 11.3 Å². The molecule has 0 atom stereocenters. The molecular formula is C21H15F3N2O3S. The summed E-state index contributed by atoms with van der Waals surface area (Å²) in [4.78, 5) is 37.4. The summed E-state index contributed by atoms with van der Waals surface area (Å²) in [5, 5.41) is 4.31. The Balaban J connectivity index is 1.60. The molecule has 0 aliphatic carbocycles. The normalized spacial score (nSPS) is 11.0. The number of hydrogen-bond donors (Lipinski definition) is 2. The number of amides is 2. The maximum atomic E-state index is 13.0. The Labute approximate surface area is 173 Å². The Morgan fingerprint density at radius 2 is 1.50 bits per heavy atom. The zero-order valence-electron chi connectivity index (χ0n) is 15.3. The van der Waals surface area contributed by atoms with Gasteiger partial charge in [0.05, 0.1) is 22.7 Å². The first-order valence-electron chi connectivity index (χ1n) is 8.69. The highest BCUT2D eigenvalue weighted by Gasteiger charge is 2.34. The molecular weight excluding hydrogens is 417 g/mol. The molecule has 0 saturated carbocycles. The van der Waals surface area contributed by atoms with E-state index in [-0.39, 0.29) is 12.3 Å². The van der Waals surface area contributed by atoms with E-state index in [0.29, 0.717) is 15.3 Å². The van der Waals surface area contributed by atoms with Crippen LogP contribution < -0.4 is 10.6 Å². The number of alkyl halides is 3. The van der Waals surface area contributed by atoms with Gasteiger partial charge in [-0.3, -0.25) is 14.4 Å². The van der Waals surface area contributed by atoms with E-state index in [1.165, 1.54) is 12.1 Å². The van der Waals surface area contributed by atoms with Crippen LogP contribution in [-0.2, 0) is 22.3 Å². The Morgan fingerprint density at radius 1 is 0.833 bits per heavy atom. The number of halogens is 3. The Bertz CT molecular complexity index is 1080. The second-order valence-corrected chi connectivity index (χ2v) is 7.31. The molecule has 1 heterocycles. The van der Waals surface area contributed by atoms with Crippen LogP contribution in [0.5, 0.6) is 0 Å². The van der Waals surface area contributed by atoms with Gasteiger partial charge in [0.25, 0.3) is 0 Å². The van der Waals surface area contributed by atoms with E-state index in [1.54, 1.807) is 42.5 Å². The van der Waals surface area contributed by atoms with Crippen molar-refractivity contribution in [1.82, 2.24) is 5.32 Å². The van der Waals surface area contributed by atoms with Gasteiger partial charge in [-0.2, -0.15) is 13.2 Å². The Hall–Kier alpha value is -3.46. The molecule has 3 rings (SSSR count). The van der Waals surface area contributed by atoms with Crippen LogP contribution in [0.25, 0.3) is 0 Å². The zero-order valence-corrected chi connectivity index (χ0v) is 16.1. The van der Waals surface area contributed by atoms with Gasteiger partial charge < -0.3 is 10.6 Å². The first-order chi connectivity index (χ1) is 14.3. The minimum absolute atomic E-state index is 0.0418. The fourth-order valence-electron chi connectivity index (χ4n) is 2.59. The molecule has 0 aliphatic rings. The minimum Gasteiger partial charge on any atom is -0.343 e. The number of nitrogens with one attached hydrogen (secondary N) is 2. The number of benzene rings is 2. The van der Waals surface area contributed by atoms with Crippen molar-refractivity contribution in [3.8, 4) is 0 Å². The van der Waals surface area contributed by atoms with Crippen molar-refractivity contribution < 1.29 is 27.6 Å². The van der Waals surface area contributed by atoms with Gasteiger partial charge in [0, 0.05) is 10.4 Å². The van der Waals surface area contributed by atoms with Crippen molar-refractivity contribution in [3.05, 3.63) is 87.6 Å². The molecule has 5 nitrogen and oxygen atoms in total. The van der Waals surface area contributed by atoms with E-state index in [0.717, 1.165) is 23.5 Å². The number of hydrogen-bond acceptors (Lipinski definition) is 4. The highest BCUT2D eigenvalue weighted by atomic mass is 32.1. The molecule has 0 saturated heterocycles. The fraction of sp³-hybridized carbons (Fsp3) is 0.0952. The summed E-state index contributed by atoms with van der Waals surface area (Å²) in [6.45, 7) is -0.0418. The summed E-state index contributed by atoms with van der Waals surface area (Å²) in [6, 6.07) is 16.3. The van der Waals surface area contributed by atoms with Crippen molar-refractivity contribution in [2.75, 3.05) is 5.32 Å². The van der Waals surface area contributed by atoms with E-state index in [4.69, 9.17) is 0 Å². The third kappa shape index (κ3) is 5.12. The van der Waals surface area contributed by atoms with Gasteiger partial charge >= 0.3 is 18.0 Å². The highest BCUT2D eigenvalue weighted by molar-refractivity contribution is 7.14. The molecule has 9 heteroatoms. The minimum atomic E-state index is -4.67. The van der Waals surface area contributed by atoms with Gasteiger partial charge in [0.2, 0.25) is 5.78 Å². The Morgan fingerprint density at radius 3 is 2.20 bits per heavy atom. The summed E-state index contributed by atoms with van der Waals surface area (Å²) >= 11 is 1.15. The maximum absolute atomic E-state index is 13.0. The van der Waals surface area contributed by atoms with Crippen LogP contribution in [-0.4, -0.2) is 17.6 Å². The monoisotopic (exact) mass is 432 g/mol. The summed E-state index contributed by atoms with van der Waals surface area (Å²) in [5.74, 6) is -2.47. The van der Waals surface area contributed by atoms with Crippen LogP contribution in [0.4, 0.5) is 18.9 Å². The third-order valence-electron chi connectivity index (χ3n) is 4.03. The number of ketones is 1. The lowest BCUT2D eigenvalue weighted by atomic mass is 10.1. The predicted molar refractivity (Wildman–Crippen MR) is 106 cm³/mol. The van der Waals surface area contributed by atoms with Crippen molar-refractivity contribution >= 4 is 34.6 Å². The summed E-state index contributed by atoms with van der Waals surface area (Å²) in [6.07, 6.45) is -4.67. The van der Waals surface area contributed by atoms with Crippen molar-refractivity contribution in [3.63, 3.8) is 0 Å². The van der Waals surface area contributed by atoms with Gasteiger partial charge in [-0.25, -0.2) is 0 Å². The van der Waals surface area contributed by atoms with Crippen LogP contribution in [0.15, 0.2) is 66.7 Å². The number of carbonyl (C=O) groups excluding carboxylic acids is 3. The molecule has 2 aromatic carbocycles. The number of anilines is 1. The van der Waals surface area contributed by atoms with Gasteiger partial charge in [-0.1, -0.05) is 42.5 Å². The molecule has 154 valence electrons. The van der Waals surface area contributed by atoms with Crippen LogP contribution in [0.3, 0.4) is 0 Å². The molecule has 0 fully saturated rings. The van der Waals surface area contributed by atoms with Crippen molar-refractivity contribution in [2.45, 2.75) is 12.7 Å². The molecule has 1 aromatic heterocycles. The maximum Gasteiger partial charge on any atom is 0.418 e. The molecule has 0 unspecified atom stereocenters. The second-order valence-electron chi connectivity index (χ2n) is 6.14. The van der Waals surface area contributed by atoms with Gasteiger partial charge in [-0.05, 0) is 24.3 Å². The Kier molecular flexibility index (Phi) is 6.31. The third-order valence-corrected chi connectivity index (χ3v) is 5.12. The number of rotatable bonds is 5. The lowest BCUT2D eigenvalue weighted by Gasteiger charge is -2.13. The van der Waals surface area contributed by atoms with Crippen LogP contribution in [0.1, 0.15) is 25.7 Å². The number of carbonyl (C=O) groups is 3. The van der Waals surface area contributed by atoms with Gasteiger partial charge in [0.1, 0.15) is 0 Å². The van der Waals surface area contributed by atoms with Crippen LogP contribution in [0.2, 0.25) is 0 Å². The summed E-state index contributed by atoms with van der Waals surface area (Å²) in [7, 11) is 0. The summed E-state index contributed by atoms with van der Waals surface area (Å²) in [5.41, 5.74) is -1.02. The molecule has 0 spiro atoms. The quantitative estimate of drug-likeness (QED) is 0.468. The molecule has 30 heavy (non-hydrogen) atoms. The smallest absolute Gasteiger partial charge is 0.343 e. The SMILES string of the molecule is O=C(NCc1ccc(C(=O)c2ccccc2)s1)C(=O)Nc1ccccc1C(F)(F)F. The largest absolute Gasteiger partial charge is 0.418 e. The average Bonchev–Trinajstić information content (AvgIpc) is 3.20. The standard InChI is InChI=1S/C21H15F3N2O3S/c22-21(23,24)15-8-4-5-9-16(15)26-20(29)19(28)25-12-14-10-11-17(30-14)18(27)13-6-2-1-3-7-13/h1-11H,12H2,(H,25,28)(H,26,29). The van der Waals surface area contributed by atoms with Gasteiger partial charge in [0.15, 0.2) is 0 Å². The topological polar surface area (TPSA) is 75.3 Å². The van der Waals surface area contributed by atoms with E-state index in [2.05, 4.69) is 5.32 Å². The molecule has 3 aromatic rings. The lowest BCUT2D eigenvalue weighted by Crippen LogP contribution is -2.35. The molecule has 0 radical (unpaired) electrons. The molecule has 2 amide bonds. The first-order valence-corrected chi connectivity index (χ1v) is 9.51. The molecule has 2 N–H and O–H groups in total. The van der Waals surface area contributed by atoms with Gasteiger partial charge in [-0.15, -0.1) is 11.3 Å². The first kappa shape index (κ1) is 21.3. The van der Waals surface area contributed by atoms with Crippen molar-refractivity contribution in [2.24, 2.45) is 0 Å². The summed E-state index contributed by atoms with van der Waals surface area (Å²) < 4.78 is 38.9. The fourth-order valence-corrected chi connectivity index (χ4v) is 3.50. The molecule has 0 bridgehead atoms. The number of para-hydroxylation sites is 1. The molecule has 0 aliphatic heterocycles. The van der Waals surface area contributed by atoms with E-state index >= 15 is 0 Å². The van der Waals surface area contributed by atoms with Crippen LogP contribution in [0, 0.1) is 0 Å². The second kappa shape index (κ2) is 8.91. The highest BCUT2D eigenvalue weighted by Crippen LogP contribution is 2.34.